The van der Waals surface area contributed by atoms with Crippen molar-refractivity contribution in [1.29, 1.82) is 0 Å². The van der Waals surface area contributed by atoms with Gasteiger partial charge in [-0.05, 0) is 49.9 Å². The Kier molecular flexibility index (Phi) is 5.30. The lowest BCUT2D eigenvalue weighted by Crippen LogP contribution is -2.23. The number of carbonyl (C=O) groups is 1. The molecule has 2 N–H and O–H groups in total. The van der Waals surface area contributed by atoms with Gasteiger partial charge < -0.3 is 10.2 Å². The van der Waals surface area contributed by atoms with Crippen LogP contribution in [0.5, 0.6) is 0 Å². The number of hydrogen-bond acceptors (Lipinski definition) is 5. The van der Waals surface area contributed by atoms with E-state index in [9.17, 15) is 4.79 Å². The first-order valence-corrected chi connectivity index (χ1v) is 9.16. The number of nitrogens with one attached hydrogen (secondary N) is 2. The van der Waals surface area contributed by atoms with Gasteiger partial charge in [0.15, 0.2) is 0 Å². The molecule has 0 bridgehead atoms. The van der Waals surface area contributed by atoms with Crippen LogP contribution in [0.25, 0.3) is 0 Å². The fraction of sp³-hybridized carbons (Fsp3) is 0.471. The van der Waals surface area contributed by atoms with Crippen molar-refractivity contribution in [2.45, 2.75) is 39.5 Å². The number of benzene rings is 1. The van der Waals surface area contributed by atoms with Crippen LogP contribution in [-0.2, 0) is 0 Å². The number of amides is 2. The highest BCUT2D eigenvalue weighted by Crippen LogP contribution is 2.26. The van der Waals surface area contributed by atoms with E-state index < -0.39 is 0 Å². The summed E-state index contributed by atoms with van der Waals surface area (Å²) in [6, 6.07) is 5.66. The van der Waals surface area contributed by atoms with E-state index in [-0.39, 0.29) is 6.03 Å². The monoisotopic (exact) mass is 345 g/mol. The van der Waals surface area contributed by atoms with Crippen molar-refractivity contribution in [3.8, 4) is 0 Å². The fourth-order valence-corrected chi connectivity index (χ4v) is 3.75. The van der Waals surface area contributed by atoms with Crippen LogP contribution < -0.4 is 15.5 Å². The second-order valence-electron chi connectivity index (χ2n) is 6.25. The Hall–Kier alpha value is -2.15. The van der Waals surface area contributed by atoms with Crippen LogP contribution in [0.2, 0.25) is 0 Å². The van der Waals surface area contributed by atoms with E-state index in [2.05, 4.69) is 31.8 Å². The van der Waals surface area contributed by atoms with E-state index in [1.54, 1.807) is 0 Å². The van der Waals surface area contributed by atoms with E-state index in [0.717, 1.165) is 35.0 Å². The van der Waals surface area contributed by atoms with Crippen LogP contribution in [0.15, 0.2) is 18.2 Å². The third kappa shape index (κ3) is 4.44. The Morgan fingerprint density at radius 3 is 2.33 bits per heavy atom. The van der Waals surface area contributed by atoms with Gasteiger partial charge in [-0.2, -0.15) is 0 Å². The van der Waals surface area contributed by atoms with Crippen molar-refractivity contribution in [3.05, 3.63) is 29.3 Å². The third-order valence-corrected chi connectivity index (χ3v) is 4.89. The highest BCUT2D eigenvalue weighted by molar-refractivity contribution is 7.19. The van der Waals surface area contributed by atoms with Crippen molar-refractivity contribution in [2.75, 3.05) is 28.6 Å². The van der Waals surface area contributed by atoms with E-state index in [4.69, 9.17) is 0 Å². The minimum atomic E-state index is -0.293. The maximum absolute atomic E-state index is 12.1. The van der Waals surface area contributed by atoms with Gasteiger partial charge in [-0.25, -0.2) is 4.79 Å². The summed E-state index contributed by atoms with van der Waals surface area (Å²) >= 11 is 1.43. The number of nitrogens with zero attached hydrogens (tertiary/aromatic N) is 3. The van der Waals surface area contributed by atoms with E-state index in [0.29, 0.717) is 5.13 Å². The molecule has 2 aromatic rings. The van der Waals surface area contributed by atoms with Gasteiger partial charge in [-0.3, -0.25) is 5.32 Å². The molecule has 7 heteroatoms. The van der Waals surface area contributed by atoms with Crippen LogP contribution in [0.3, 0.4) is 0 Å². The first-order chi connectivity index (χ1) is 11.6. The quantitative estimate of drug-likeness (QED) is 0.875. The largest absolute Gasteiger partial charge is 0.347 e. The summed E-state index contributed by atoms with van der Waals surface area (Å²) in [5, 5.41) is 15.3. The summed E-state index contributed by atoms with van der Waals surface area (Å²) in [4.78, 5) is 14.4. The number of urea groups is 1. The molecule has 2 amide bonds. The molecule has 0 saturated carbocycles. The smallest absolute Gasteiger partial charge is 0.325 e. The minimum Gasteiger partial charge on any atom is -0.347 e. The fourth-order valence-electron chi connectivity index (χ4n) is 2.96. The van der Waals surface area contributed by atoms with Gasteiger partial charge in [-0.15, -0.1) is 10.2 Å². The van der Waals surface area contributed by atoms with Crippen molar-refractivity contribution >= 4 is 33.3 Å². The van der Waals surface area contributed by atoms with Crippen LogP contribution >= 0.6 is 11.3 Å². The molecule has 2 heterocycles. The number of aryl methyl sites for hydroxylation is 2. The maximum Gasteiger partial charge on any atom is 0.325 e. The lowest BCUT2D eigenvalue weighted by Gasteiger charge is -2.17. The van der Waals surface area contributed by atoms with Crippen LogP contribution in [-0.4, -0.2) is 29.3 Å². The highest BCUT2D eigenvalue weighted by atomic mass is 32.1. The van der Waals surface area contributed by atoms with Gasteiger partial charge in [0.05, 0.1) is 0 Å². The SMILES string of the molecule is Cc1cc(C)cc(NC(=O)Nc2nnc(N3CCCCCC3)s2)c1. The topological polar surface area (TPSA) is 70.1 Å². The van der Waals surface area contributed by atoms with E-state index in [1.807, 2.05) is 26.0 Å². The molecule has 1 aliphatic rings. The highest BCUT2D eigenvalue weighted by Gasteiger charge is 2.15. The number of aromatic nitrogens is 2. The van der Waals surface area contributed by atoms with Crippen molar-refractivity contribution in [1.82, 2.24) is 10.2 Å². The van der Waals surface area contributed by atoms with Gasteiger partial charge in [0, 0.05) is 18.8 Å². The molecule has 1 aromatic carbocycles. The third-order valence-electron chi connectivity index (χ3n) is 3.99. The summed E-state index contributed by atoms with van der Waals surface area (Å²) in [6.07, 6.45) is 4.93. The molecule has 1 aromatic heterocycles. The number of carbonyl (C=O) groups excluding carboxylic acids is 1. The molecular weight excluding hydrogens is 322 g/mol. The molecule has 0 spiro atoms. The number of anilines is 3. The van der Waals surface area contributed by atoms with Gasteiger partial charge in [0.1, 0.15) is 0 Å². The molecule has 0 unspecified atom stereocenters. The summed E-state index contributed by atoms with van der Waals surface area (Å²) in [5.41, 5.74) is 3.01. The zero-order valence-corrected chi connectivity index (χ0v) is 14.9. The predicted octanol–water partition coefficient (Wildman–Crippen LogP) is 4.18. The zero-order chi connectivity index (χ0) is 16.9. The van der Waals surface area contributed by atoms with Gasteiger partial charge in [0.25, 0.3) is 0 Å². The normalized spacial score (nSPS) is 15.0. The number of rotatable bonds is 3. The molecule has 3 rings (SSSR count). The van der Waals surface area contributed by atoms with Gasteiger partial charge >= 0.3 is 6.03 Å². The molecule has 0 radical (unpaired) electrons. The predicted molar refractivity (Wildman–Crippen MR) is 99.1 cm³/mol. The first kappa shape index (κ1) is 16.7. The van der Waals surface area contributed by atoms with Gasteiger partial charge in [0.2, 0.25) is 10.3 Å². The molecule has 24 heavy (non-hydrogen) atoms. The van der Waals surface area contributed by atoms with Crippen LogP contribution in [0.1, 0.15) is 36.8 Å². The summed E-state index contributed by atoms with van der Waals surface area (Å²) in [7, 11) is 0. The molecular formula is C17H23N5OS. The molecule has 1 aliphatic heterocycles. The van der Waals surface area contributed by atoms with Crippen LogP contribution in [0.4, 0.5) is 20.7 Å². The number of hydrogen-bond donors (Lipinski definition) is 2. The molecule has 0 aliphatic carbocycles. The van der Waals surface area contributed by atoms with E-state index in [1.165, 1.54) is 37.0 Å². The zero-order valence-electron chi connectivity index (χ0n) is 14.1. The molecule has 0 atom stereocenters. The summed E-state index contributed by atoms with van der Waals surface area (Å²) in [5.74, 6) is 0. The maximum atomic E-state index is 12.1. The minimum absolute atomic E-state index is 0.293. The average Bonchev–Trinajstić information content (AvgIpc) is 2.80. The lowest BCUT2D eigenvalue weighted by molar-refractivity contribution is 0.262. The van der Waals surface area contributed by atoms with Crippen LogP contribution in [0, 0.1) is 13.8 Å². The standard InChI is InChI=1S/C17H23N5OS/c1-12-9-13(2)11-14(10-12)18-15(23)19-16-20-21-17(24-16)22-7-5-3-4-6-8-22/h9-11H,3-8H2,1-2H3,(H2,18,19,20,23). The van der Waals surface area contributed by atoms with Crippen molar-refractivity contribution in [3.63, 3.8) is 0 Å². The molecule has 6 nitrogen and oxygen atoms in total. The van der Waals surface area contributed by atoms with E-state index >= 15 is 0 Å². The Morgan fingerprint density at radius 1 is 1.00 bits per heavy atom. The second kappa shape index (κ2) is 7.61. The first-order valence-electron chi connectivity index (χ1n) is 8.35. The Balaban J connectivity index is 1.60. The van der Waals surface area contributed by atoms with Crippen molar-refractivity contribution in [2.24, 2.45) is 0 Å². The average molecular weight is 345 g/mol. The summed E-state index contributed by atoms with van der Waals surface area (Å²) < 4.78 is 0. The lowest BCUT2D eigenvalue weighted by atomic mass is 10.1. The Morgan fingerprint density at radius 2 is 1.67 bits per heavy atom. The van der Waals surface area contributed by atoms with Gasteiger partial charge in [-0.1, -0.05) is 30.2 Å². The molecule has 1 saturated heterocycles. The molecule has 1 fully saturated rings. The molecule has 128 valence electrons. The summed E-state index contributed by atoms with van der Waals surface area (Å²) in [6.45, 7) is 6.05. The Labute approximate surface area is 146 Å². The van der Waals surface area contributed by atoms with Crippen molar-refractivity contribution < 1.29 is 4.79 Å². The second-order valence-corrected chi connectivity index (χ2v) is 7.20. The Bertz CT molecular complexity index is 687.